The highest BCUT2D eigenvalue weighted by Gasteiger charge is 2.14. The number of amides is 2. The van der Waals surface area contributed by atoms with Gasteiger partial charge in [0.1, 0.15) is 24.0 Å². The van der Waals surface area contributed by atoms with Crippen molar-refractivity contribution in [3.63, 3.8) is 0 Å². The Morgan fingerprint density at radius 2 is 2.00 bits per heavy atom. The van der Waals surface area contributed by atoms with Crippen molar-refractivity contribution >= 4 is 28.8 Å². The van der Waals surface area contributed by atoms with Gasteiger partial charge in [0, 0.05) is 18.2 Å². The van der Waals surface area contributed by atoms with Gasteiger partial charge in [-0.1, -0.05) is 29.0 Å². The highest BCUT2D eigenvalue weighted by molar-refractivity contribution is 7.13. The summed E-state index contributed by atoms with van der Waals surface area (Å²) >= 11 is 1.13. The average molecular weight is 414 g/mol. The molecule has 8 nitrogen and oxygen atoms in total. The van der Waals surface area contributed by atoms with Gasteiger partial charge in [0.15, 0.2) is 0 Å². The zero-order valence-electron chi connectivity index (χ0n) is 16.2. The molecule has 0 bridgehead atoms. The number of carbonyl (C=O) groups is 2. The molecule has 152 valence electrons. The highest BCUT2D eigenvalue weighted by Crippen LogP contribution is 2.14. The van der Waals surface area contributed by atoms with Gasteiger partial charge < -0.3 is 19.8 Å². The Labute approximate surface area is 172 Å². The summed E-state index contributed by atoms with van der Waals surface area (Å²) in [4.78, 5) is 24.2. The molecule has 2 N–H and O–H groups in total. The van der Waals surface area contributed by atoms with Gasteiger partial charge in [-0.2, -0.15) is 0 Å². The molecule has 0 aliphatic heterocycles. The lowest BCUT2D eigenvalue weighted by molar-refractivity contribution is -0.126. The van der Waals surface area contributed by atoms with E-state index in [1.165, 1.54) is 0 Å². The molecule has 2 amide bonds. The van der Waals surface area contributed by atoms with Crippen LogP contribution in [0.15, 0.2) is 47.1 Å². The molecule has 0 unspecified atom stereocenters. The molecule has 0 aliphatic carbocycles. The van der Waals surface area contributed by atoms with Crippen LogP contribution in [-0.2, 0) is 22.6 Å². The predicted octanol–water partition coefficient (Wildman–Crippen LogP) is 2.96. The number of benzene rings is 1. The minimum atomic E-state index is -0.331. The van der Waals surface area contributed by atoms with Crippen LogP contribution in [0.5, 0.6) is 0 Å². The monoisotopic (exact) mass is 414 g/mol. The third-order valence-corrected chi connectivity index (χ3v) is 4.82. The lowest BCUT2D eigenvalue weighted by Gasteiger charge is -2.12. The Balaban J connectivity index is 1.40. The normalized spacial score (nSPS) is 11.8. The van der Waals surface area contributed by atoms with Crippen LogP contribution in [0.1, 0.15) is 33.1 Å². The first-order chi connectivity index (χ1) is 14.0. The largest absolute Gasteiger partial charge is 0.469 e. The number of carbonyl (C=O) groups excluding carboxylic acids is 2. The van der Waals surface area contributed by atoms with Crippen LogP contribution < -0.4 is 10.6 Å². The van der Waals surface area contributed by atoms with Crippen LogP contribution in [-0.4, -0.2) is 34.7 Å². The van der Waals surface area contributed by atoms with E-state index in [-0.39, 0.29) is 36.1 Å². The van der Waals surface area contributed by atoms with Crippen LogP contribution in [0.4, 0.5) is 5.69 Å². The Hall–Kier alpha value is -3.04. The van der Waals surface area contributed by atoms with Gasteiger partial charge in [0.05, 0.1) is 6.26 Å². The third kappa shape index (κ3) is 6.51. The van der Waals surface area contributed by atoms with Crippen LogP contribution in [0.25, 0.3) is 0 Å². The summed E-state index contributed by atoms with van der Waals surface area (Å²) in [5.74, 6) is 0.247. The maximum Gasteiger partial charge on any atom is 0.286 e. The summed E-state index contributed by atoms with van der Waals surface area (Å²) in [7, 11) is 0. The zero-order valence-corrected chi connectivity index (χ0v) is 17.0. The molecule has 0 aliphatic rings. The van der Waals surface area contributed by atoms with Crippen LogP contribution in [0.2, 0.25) is 0 Å². The minimum absolute atomic E-state index is 0.0733. The molecular weight excluding hydrogens is 392 g/mol. The standard InChI is InChI=1S/C20H22N4O4S/c1-13-5-7-15(8-6-13)22-19(26)20-24-23-18(29-20)12-27-11-17(25)21-14(2)10-16-4-3-9-28-16/h3-9,14H,10-12H2,1-2H3,(H,21,25)(H,22,26)/t14-/m0/s1. The Morgan fingerprint density at radius 1 is 1.21 bits per heavy atom. The molecule has 0 spiro atoms. The third-order valence-electron chi connectivity index (χ3n) is 3.92. The number of rotatable bonds is 9. The van der Waals surface area contributed by atoms with E-state index in [1.54, 1.807) is 6.26 Å². The summed E-state index contributed by atoms with van der Waals surface area (Å²) in [6.45, 7) is 3.87. The maximum atomic E-state index is 12.2. The summed E-state index contributed by atoms with van der Waals surface area (Å²) in [5, 5.41) is 14.2. The first-order valence-electron chi connectivity index (χ1n) is 9.09. The van der Waals surface area contributed by atoms with E-state index in [9.17, 15) is 9.59 Å². The molecule has 29 heavy (non-hydrogen) atoms. The average Bonchev–Trinajstić information content (AvgIpc) is 3.35. The molecule has 1 aromatic carbocycles. The fourth-order valence-corrected chi connectivity index (χ4v) is 3.23. The summed E-state index contributed by atoms with van der Waals surface area (Å²) in [6.07, 6.45) is 2.21. The molecule has 0 radical (unpaired) electrons. The van der Waals surface area contributed by atoms with Crippen molar-refractivity contribution in [1.29, 1.82) is 0 Å². The first kappa shape index (κ1) is 20.7. The fourth-order valence-electron chi connectivity index (χ4n) is 2.55. The van der Waals surface area contributed by atoms with E-state index >= 15 is 0 Å². The van der Waals surface area contributed by atoms with Gasteiger partial charge in [-0.25, -0.2) is 0 Å². The molecule has 1 atom stereocenters. The number of nitrogens with zero attached hydrogens (tertiary/aromatic N) is 2. The van der Waals surface area contributed by atoms with Crippen LogP contribution in [0.3, 0.4) is 0 Å². The van der Waals surface area contributed by atoms with E-state index < -0.39 is 0 Å². The fraction of sp³-hybridized carbons (Fsp3) is 0.300. The lowest BCUT2D eigenvalue weighted by atomic mass is 10.2. The molecule has 0 saturated heterocycles. The first-order valence-corrected chi connectivity index (χ1v) is 9.91. The van der Waals surface area contributed by atoms with Gasteiger partial charge >= 0.3 is 0 Å². The molecule has 9 heteroatoms. The highest BCUT2D eigenvalue weighted by atomic mass is 32.1. The van der Waals surface area contributed by atoms with Crippen LogP contribution in [0, 0.1) is 6.92 Å². The molecule has 0 saturated carbocycles. The summed E-state index contributed by atoms with van der Waals surface area (Å²) in [6, 6.07) is 11.1. The maximum absolute atomic E-state index is 12.2. The van der Waals surface area contributed by atoms with E-state index in [1.807, 2.05) is 50.2 Å². The number of nitrogens with one attached hydrogen (secondary N) is 2. The second kappa shape index (κ2) is 9.94. The number of aromatic nitrogens is 2. The van der Waals surface area contributed by atoms with E-state index in [0.717, 1.165) is 22.7 Å². The Morgan fingerprint density at radius 3 is 2.72 bits per heavy atom. The van der Waals surface area contributed by atoms with Crippen molar-refractivity contribution in [2.24, 2.45) is 0 Å². The van der Waals surface area contributed by atoms with E-state index in [0.29, 0.717) is 17.1 Å². The van der Waals surface area contributed by atoms with Gasteiger partial charge in [0.2, 0.25) is 10.9 Å². The number of furan rings is 1. The van der Waals surface area contributed by atoms with Gasteiger partial charge in [-0.15, -0.1) is 10.2 Å². The molecule has 2 heterocycles. The van der Waals surface area contributed by atoms with Gasteiger partial charge in [0.25, 0.3) is 5.91 Å². The Bertz CT molecular complexity index is 938. The minimum Gasteiger partial charge on any atom is -0.469 e. The van der Waals surface area contributed by atoms with Crippen molar-refractivity contribution in [2.75, 3.05) is 11.9 Å². The SMILES string of the molecule is Cc1ccc(NC(=O)c2nnc(COCC(=O)N[C@@H](C)Cc3ccco3)s2)cc1. The van der Waals surface area contributed by atoms with E-state index in [2.05, 4.69) is 20.8 Å². The number of anilines is 1. The number of hydrogen-bond acceptors (Lipinski definition) is 7. The molecule has 3 aromatic rings. The molecule has 2 aromatic heterocycles. The number of aryl methyl sites for hydroxylation is 1. The predicted molar refractivity (Wildman–Crippen MR) is 109 cm³/mol. The van der Waals surface area contributed by atoms with E-state index in [4.69, 9.17) is 9.15 Å². The summed E-state index contributed by atoms with van der Waals surface area (Å²) < 4.78 is 10.6. The molecule has 3 rings (SSSR count). The van der Waals surface area contributed by atoms with Gasteiger partial charge in [-0.3, -0.25) is 9.59 Å². The van der Waals surface area contributed by atoms with Crippen molar-refractivity contribution in [2.45, 2.75) is 32.9 Å². The van der Waals surface area contributed by atoms with Gasteiger partial charge in [-0.05, 0) is 38.1 Å². The van der Waals surface area contributed by atoms with Crippen LogP contribution >= 0.6 is 11.3 Å². The molecular formula is C20H22N4O4S. The lowest BCUT2D eigenvalue weighted by Crippen LogP contribution is -2.36. The molecule has 0 fully saturated rings. The Kier molecular flexibility index (Phi) is 7.09. The zero-order chi connectivity index (χ0) is 20.6. The second-order valence-electron chi connectivity index (χ2n) is 6.57. The summed E-state index contributed by atoms with van der Waals surface area (Å²) in [5.41, 5.74) is 1.80. The second-order valence-corrected chi connectivity index (χ2v) is 7.63. The topological polar surface area (TPSA) is 106 Å². The van der Waals surface area contributed by atoms with Crippen molar-refractivity contribution in [1.82, 2.24) is 15.5 Å². The number of hydrogen-bond donors (Lipinski definition) is 2. The quantitative estimate of drug-likeness (QED) is 0.558. The van der Waals surface area contributed by atoms with Crippen molar-refractivity contribution in [3.8, 4) is 0 Å². The number of ether oxygens (including phenoxy) is 1. The smallest absolute Gasteiger partial charge is 0.286 e. The van der Waals surface area contributed by atoms with Crippen molar-refractivity contribution in [3.05, 3.63) is 64.0 Å². The van der Waals surface area contributed by atoms with Crippen molar-refractivity contribution < 1.29 is 18.7 Å².